The summed E-state index contributed by atoms with van der Waals surface area (Å²) in [7, 11) is 0. The fraction of sp³-hybridized carbons (Fsp3) is 0.565. The molecule has 1 heterocycles. The Labute approximate surface area is 188 Å². The number of hydrogen-bond donors (Lipinski definition) is 1. The predicted octanol–water partition coefficient (Wildman–Crippen LogP) is 3.24. The fourth-order valence-corrected chi connectivity index (χ4v) is 5.57. The van der Waals surface area contributed by atoms with Gasteiger partial charge in [-0.3, -0.25) is 19.3 Å². The number of carbonyl (C=O) groups excluding carboxylic acids is 4. The topological polar surface area (TPSA) is 92.8 Å². The molecular formula is C23H25F3N2O5. The normalized spacial score (nSPS) is 27.2. The van der Waals surface area contributed by atoms with E-state index in [1.165, 1.54) is 6.07 Å². The third kappa shape index (κ3) is 4.22. The molecule has 3 aliphatic rings. The minimum atomic E-state index is -4.57. The molecule has 5 atom stereocenters. The molecule has 178 valence electrons. The summed E-state index contributed by atoms with van der Waals surface area (Å²) in [6, 6.07) is 2.91. The zero-order valence-corrected chi connectivity index (χ0v) is 18.2. The Morgan fingerprint density at radius 1 is 1.12 bits per heavy atom. The van der Waals surface area contributed by atoms with Crippen LogP contribution in [-0.2, 0) is 30.1 Å². The summed E-state index contributed by atoms with van der Waals surface area (Å²) in [4.78, 5) is 52.1. The third-order valence-corrected chi connectivity index (χ3v) is 6.93. The van der Waals surface area contributed by atoms with Gasteiger partial charge in [0.1, 0.15) is 6.04 Å². The van der Waals surface area contributed by atoms with Gasteiger partial charge in [-0.15, -0.1) is 0 Å². The highest BCUT2D eigenvalue weighted by molar-refractivity contribution is 6.08. The third-order valence-electron chi connectivity index (χ3n) is 6.93. The zero-order valence-electron chi connectivity index (χ0n) is 18.2. The number of imide groups is 1. The number of rotatable bonds is 6. The van der Waals surface area contributed by atoms with E-state index in [1.807, 2.05) is 0 Å². The van der Waals surface area contributed by atoms with Crippen molar-refractivity contribution in [3.05, 3.63) is 29.8 Å². The Balaban J connectivity index is 1.40. The molecule has 0 radical (unpaired) electrons. The van der Waals surface area contributed by atoms with Crippen molar-refractivity contribution in [1.82, 2.24) is 4.90 Å². The van der Waals surface area contributed by atoms with Gasteiger partial charge in [-0.25, -0.2) is 4.79 Å². The summed E-state index contributed by atoms with van der Waals surface area (Å²) in [5.41, 5.74) is -1.03. The largest absolute Gasteiger partial charge is 0.454 e. The number of halogens is 3. The monoisotopic (exact) mass is 466 g/mol. The maximum absolute atomic E-state index is 13.1. The number of fused-ring (bicyclic) bond motifs is 5. The molecule has 2 aliphatic carbocycles. The number of alkyl halides is 3. The SMILES string of the molecule is CC(C)[C@H](C(=O)OCC(=O)Nc1cccc(C(F)(F)F)c1)N1C(=O)[C@@H]2[C@H]3CC[C@@H](C3)[C@@H]2C1=O. The highest BCUT2D eigenvalue weighted by atomic mass is 19.4. The van der Waals surface area contributed by atoms with Gasteiger partial charge in [0.05, 0.1) is 17.4 Å². The Hall–Kier alpha value is -2.91. The second-order valence-corrected chi connectivity index (χ2v) is 9.35. The van der Waals surface area contributed by atoms with Crippen molar-refractivity contribution >= 4 is 29.4 Å². The maximum atomic E-state index is 13.1. The summed E-state index contributed by atoms with van der Waals surface area (Å²) in [5, 5.41) is 2.25. The molecule has 3 fully saturated rings. The van der Waals surface area contributed by atoms with Crippen LogP contribution in [0.2, 0.25) is 0 Å². The van der Waals surface area contributed by atoms with E-state index >= 15 is 0 Å². The van der Waals surface area contributed by atoms with Crippen molar-refractivity contribution in [3.8, 4) is 0 Å². The summed E-state index contributed by atoms with van der Waals surface area (Å²) < 4.78 is 43.6. The average Bonchev–Trinajstić information content (AvgIpc) is 3.42. The van der Waals surface area contributed by atoms with Crippen LogP contribution >= 0.6 is 0 Å². The molecule has 3 amide bonds. The van der Waals surface area contributed by atoms with Crippen LogP contribution in [0.5, 0.6) is 0 Å². The van der Waals surface area contributed by atoms with Crippen LogP contribution in [0.25, 0.3) is 0 Å². The number of nitrogens with zero attached hydrogens (tertiary/aromatic N) is 1. The quantitative estimate of drug-likeness (QED) is 0.513. The smallest absolute Gasteiger partial charge is 0.416 e. The molecule has 1 aromatic carbocycles. The van der Waals surface area contributed by atoms with Crippen LogP contribution in [-0.4, -0.2) is 41.2 Å². The molecule has 0 aromatic heterocycles. The van der Waals surface area contributed by atoms with Gasteiger partial charge >= 0.3 is 12.1 Å². The predicted molar refractivity (Wildman–Crippen MR) is 109 cm³/mol. The summed E-state index contributed by atoms with van der Waals surface area (Å²) in [6.45, 7) is 2.60. The first-order valence-electron chi connectivity index (χ1n) is 11.0. The van der Waals surface area contributed by atoms with Crippen LogP contribution in [0.4, 0.5) is 18.9 Å². The number of amides is 3. The number of nitrogens with one attached hydrogen (secondary N) is 1. The molecular weight excluding hydrogens is 441 g/mol. The van der Waals surface area contributed by atoms with Crippen molar-refractivity contribution in [2.45, 2.75) is 45.3 Å². The van der Waals surface area contributed by atoms with Crippen molar-refractivity contribution in [2.24, 2.45) is 29.6 Å². The van der Waals surface area contributed by atoms with Gasteiger partial charge in [0, 0.05) is 5.69 Å². The Bertz CT molecular complexity index is 965. The van der Waals surface area contributed by atoms with E-state index in [2.05, 4.69) is 5.32 Å². The van der Waals surface area contributed by atoms with Gasteiger partial charge < -0.3 is 10.1 Å². The maximum Gasteiger partial charge on any atom is 0.416 e. The van der Waals surface area contributed by atoms with Crippen LogP contribution in [0, 0.1) is 29.6 Å². The molecule has 2 bridgehead atoms. The first kappa shape index (κ1) is 23.3. The molecule has 2 saturated carbocycles. The number of benzene rings is 1. The van der Waals surface area contributed by atoms with Crippen LogP contribution in [0.3, 0.4) is 0 Å². The summed E-state index contributed by atoms with van der Waals surface area (Å²) >= 11 is 0. The van der Waals surface area contributed by atoms with Gasteiger partial charge in [-0.1, -0.05) is 19.9 Å². The first-order valence-corrected chi connectivity index (χ1v) is 11.0. The van der Waals surface area contributed by atoms with Crippen molar-refractivity contribution in [2.75, 3.05) is 11.9 Å². The van der Waals surface area contributed by atoms with Gasteiger partial charge in [-0.05, 0) is 55.2 Å². The second kappa shape index (κ2) is 8.46. The van der Waals surface area contributed by atoms with E-state index in [0.717, 1.165) is 42.4 Å². The number of likely N-dealkylation sites (tertiary alicyclic amines) is 1. The van der Waals surface area contributed by atoms with Crippen molar-refractivity contribution in [1.29, 1.82) is 0 Å². The molecule has 1 saturated heterocycles. The fourth-order valence-electron chi connectivity index (χ4n) is 5.57. The standard InChI is InChI=1S/C23H25F3N2O5/c1-11(2)19(28-20(30)17-12-6-7-13(8-12)18(17)21(28)31)22(32)33-10-16(29)27-15-5-3-4-14(9-15)23(24,25)26/h3-5,9,11-13,17-19H,6-8,10H2,1-2H3,(H,27,29)/t12-,13-,17-,18+,19+/m0/s1. The van der Waals surface area contributed by atoms with E-state index in [9.17, 15) is 32.3 Å². The molecule has 4 rings (SSSR count). The lowest BCUT2D eigenvalue weighted by atomic mass is 9.81. The highest BCUT2D eigenvalue weighted by Gasteiger charge is 2.62. The van der Waals surface area contributed by atoms with E-state index in [1.54, 1.807) is 13.8 Å². The van der Waals surface area contributed by atoms with Gasteiger partial charge in [0.15, 0.2) is 6.61 Å². The van der Waals surface area contributed by atoms with Gasteiger partial charge in [-0.2, -0.15) is 13.2 Å². The number of ether oxygens (including phenoxy) is 1. The Morgan fingerprint density at radius 3 is 2.27 bits per heavy atom. The van der Waals surface area contributed by atoms with E-state index < -0.39 is 42.2 Å². The molecule has 7 nitrogen and oxygen atoms in total. The minimum absolute atomic E-state index is 0.0977. The highest BCUT2D eigenvalue weighted by Crippen LogP contribution is 2.56. The number of carbonyl (C=O) groups is 4. The molecule has 1 N–H and O–H groups in total. The summed E-state index contributed by atoms with van der Waals surface area (Å²) in [6.07, 6.45) is -1.88. The van der Waals surface area contributed by atoms with E-state index in [-0.39, 0.29) is 41.2 Å². The lowest BCUT2D eigenvalue weighted by Crippen LogP contribution is -2.50. The Kier molecular flexibility index (Phi) is 5.96. The lowest BCUT2D eigenvalue weighted by Gasteiger charge is -2.28. The number of hydrogen-bond acceptors (Lipinski definition) is 5. The van der Waals surface area contributed by atoms with Crippen LogP contribution in [0.1, 0.15) is 38.7 Å². The first-order chi connectivity index (χ1) is 15.5. The van der Waals surface area contributed by atoms with Gasteiger partial charge in [0.25, 0.3) is 5.91 Å². The molecule has 0 unspecified atom stereocenters. The van der Waals surface area contributed by atoms with E-state index in [0.29, 0.717) is 0 Å². The Morgan fingerprint density at radius 2 is 1.73 bits per heavy atom. The van der Waals surface area contributed by atoms with Gasteiger partial charge in [0.2, 0.25) is 11.8 Å². The molecule has 1 aliphatic heterocycles. The van der Waals surface area contributed by atoms with Crippen LogP contribution < -0.4 is 5.32 Å². The second-order valence-electron chi connectivity index (χ2n) is 9.35. The molecule has 10 heteroatoms. The van der Waals surface area contributed by atoms with Crippen LogP contribution in [0.15, 0.2) is 24.3 Å². The van der Waals surface area contributed by atoms with Crippen molar-refractivity contribution < 1.29 is 37.1 Å². The minimum Gasteiger partial charge on any atom is -0.454 e. The average molecular weight is 466 g/mol. The molecule has 1 aromatic rings. The molecule has 0 spiro atoms. The van der Waals surface area contributed by atoms with E-state index in [4.69, 9.17) is 4.74 Å². The summed E-state index contributed by atoms with van der Waals surface area (Å²) in [5.74, 6) is -3.27. The van der Waals surface area contributed by atoms with Crippen molar-refractivity contribution in [3.63, 3.8) is 0 Å². The lowest BCUT2D eigenvalue weighted by molar-refractivity contribution is -0.162. The number of anilines is 1. The molecule has 33 heavy (non-hydrogen) atoms. The zero-order chi connectivity index (χ0) is 24.1. The number of esters is 1.